The van der Waals surface area contributed by atoms with Gasteiger partial charge in [0.25, 0.3) is 0 Å². The fraction of sp³-hybridized carbons (Fsp3) is 0.417. The first kappa shape index (κ1) is 12.2. The van der Waals surface area contributed by atoms with Crippen molar-refractivity contribution in [2.45, 2.75) is 12.5 Å². The summed E-state index contributed by atoms with van der Waals surface area (Å²) in [6.45, 7) is 1.94. The van der Waals surface area contributed by atoms with Gasteiger partial charge in [-0.15, -0.1) is 0 Å². The lowest BCUT2D eigenvalue weighted by Gasteiger charge is -2.13. The zero-order chi connectivity index (χ0) is 12.3. The molecular formula is C12H16ClN3O. The van der Waals surface area contributed by atoms with E-state index < -0.39 is 0 Å². The van der Waals surface area contributed by atoms with Gasteiger partial charge in [0.1, 0.15) is 0 Å². The topological polar surface area (TPSA) is 44.4 Å². The molecule has 1 aromatic carbocycles. The molecule has 1 aliphatic rings. The fourth-order valence-electron chi connectivity index (χ4n) is 1.97. The first-order valence-corrected chi connectivity index (χ1v) is 6.03. The van der Waals surface area contributed by atoms with E-state index >= 15 is 0 Å². The van der Waals surface area contributed by atoms with Gasteiger partial charge in [-0.1, -0.05) is 17.7 Å². The lowest BCUT2D eigenvalue weighted by atomic mass is 10.3. The first-order valence-electron chi connectivity index (χ1n) is 5.65. The van der Waals surface area contributed by atoms with Crippen molar-refractivity contribution in [3.05, 3.63) is 29.3 Å². The van der Waals surface area contributed by atoms with Crippen LogP contribution in [0.2, 0.25) is 5.02 Å². The maximum absolute atomic E-state index is 11.7. The van der Waals surface area contributed by atoms with E-state index in [2.05, 4.69) is 22.6 Å². The highest BCUT2D eigenvalue weighted by molar-refractivity contribution is 6.30. The molecule has 1 heterocycles. The van der Waals surface area contributed by atoms with E-state index in [1.165, 1.54) is 0 Å². The Kier molecular flexibility index (Phi) is 3.86. The molecule has 1 unspecified atom stereocenters. The molecule has 2 amide bonds. The van der Waals surface area contributed by atoms with Crippen LogP contribution in [0.5, 0.6) is 0 Å². The summed E-state index contributed by atoms with van der Waals surface area (Å²) in [6.07, 6.45) is 0.999. The Labute approximate surface area is 106 Å². The molecule has 2 rings (SSSR count). The number of likely N-dealkylation sites (N-methyl/N-ethyl adjacent to an activating group) is 1. The van der Waals surface area contributed by atoms with Gasteiger partial charge in [-0.05, 0) is 38.2 Å². The van der Waals surface area contributed by atoms with E-state index in [9.17, 15) is 4.79 Å². The molecule has 0 saturated carbocycles. The summed E-state index contributed by atoms with van der Waals surface area (Å²) in [6, 6.07) is 7.18. The second-order valence-corrected chi connectivity index (χ2v) is 4.79. The Bertz CT molecular complexity index is 410. The Hall–Kier alpha value is -1.26. The standard InChI is InChI=1S/C12H16ClN3O/c1-16-6-5-11(8-16)15-12(17)14-10-4-2-3-9(13)7-10/h2-4,7,11H,5-6,8H2,1H3,(H2,14,15,17). The van der Waals surface area contributed by atoms with Crippen LogP contribution < -0.4 is 10.6 Å². The SMILES string of the molecule is CN1CCC(NC(=O)Nc2cccc(Cl)c2)C1. The molecule has 5 heteroatoms. The molecule has 4 nitrogen and oxygen atoms in total. The number of amides is 2. The number of rotatable bonds is 2. The number of nitrogens with zero attached hydrogens (tertiary/aromatic N) is 1. The number of carbonyl (C=O) groups excluding carboxylic acids is 1. The van der Waals surface area contributed by atoms with Gasteiger partial charge < -0.3 is 15.5 Å². The number of benzene rings is 1. The number of anilines is 1. The minimum atomic E-state index is -0.174. The highest BCUT2D eigenvalue weighted by atomic mass is 35.5. The molecule has 2 N–H and O–H groups in total. The maximum atomic E-state index is 11.7. The summed E-state index contributed by atoms with van der Waals surface area (Å²) in [7, 11) is 2.05. The highest BCUT2D eigenvalue weighted by Gasteiger charge is 2.20. The lowest BCUT2D eigenvalue weighted by Crippen LogP contribution is -2.39. The van der Waals surface area contributed by atoms with Crippen LogP contribution >= 0.6 is 11.6 Å². The van der Waals surface area contributed by atoms with Gasteiger partial charge in [0.15, 0.2) is 0 Å². The predicted molar refractivity (Wildman–Crippen MR) is 69.5 cm³/mol. The molecule has 0 aliphatic carbocycles. The van der Waals surface area contributed by atoms with Crippen LogP contribution in [0.4, 0.5) is 10.5 Å². The van der Waals surface area contributed by atoms with E-state index in [1.807, 2.05) is 6.07 Å². The zero-order valence-corrected chi connectivity index (χ0v) is 10.5. The summed E-state index contributed by atoms with van der Waals surface area (Å²) in [4.78, 5) is 13.9. The normalized spacial score (nSPS) is 20.2. The number of hydrogen-bond acceptors (Lipinski definition) is 2. The van der Waals surface area contributed by atoms with Gasteiger partial charge in [-0.25, -0.2) is 4.79 Å². The van der Waals surface area contributed by atoms with Crippen molar-refractivity contribution in [2.24, 2.45) is 0 Å². The van der Waals surface area contributed by atoms with Crippen LogP contribution in [0.1, 0.15) is 6.42 Å². The molecule has 1 atom stereocenters. The average Bonchev–Trinajstić information content (AvgIpc) is 2.63. The molecule has 0 aromatic heterocycles. The van der Waals surface area contributed by atoms with E-state index in [1.54, 1.807) is 18.2 Å². The molecule has 92 valence electrons. The molecule has 0 radical (unpaired) electrons. The molecule has 0 bridgehead atoms. The third-order valence-corrected chi connectivity index (χ3v) is 3.04. The van der Waals surface area contributed by atoms with Crippen molar-refractivity contribution in [1.29, 1.82) is 0 Å². The van der Waals surface area contributed by atoms with Crippen molar-refractivity contribution >= 4 is 23.3 Å². The Morgan fingerprint density at radius 2 is 2.35 bits per heavy atom. The summed E-state index contributed by atoms with van der Waals surface area (Å²) < 4.78 is 0. The summed E-state index contributed by atoms with van der Waals surface area (Å²) in [5, 5.41) is 6.33. The molecular weight excluding hydrogens is 238 g/mol. The number of nitrogens with one attached hydrogen (secondary N) is 2. The lowest BCUT2D eigenvalue weighted by molar-refractivity contribution is 0.248. The number of carbonyl (C=O) groups is 1. The van der Waals surface area contributed by atoms with Gasteiger partial charge in [0, 0.05) is 23.3 Å². The van der Waals surface area contributed by atoms with Crippen LogP contribution in [0, 0.1) is 0 Å². The minimum absolute atomic E-state index is 0.174. The largest absolute Gasteiger partial charge is 0.334 e. The van der Waals surface area contributed by atoms with Crippen LogP contribution in [-0.2, 0) is 0 Å². The van der Waals surface area contributed by atoms with Crippen molar-refractivity contribution < 1.29 is 4.79 Å². The maximum Gasteiger partial charge on any atom is 0.319 e. The van der Waals surface area contributed by atoms with Gasteiger partial charge in [-0.3, -0.25) is 0 Å². The second-order valence-electron chi connectivity index (χ2n) is 4.36. The molecule has 17 heavy (non-hydrogen) atoms. The van der Waals surface area contributed by atoms with Gasteiger partial charge in [0.05, 0.1) is 0 Å². The number of likely N-dealkylation sites (tertiary alicyclic amines) is 1. The summed E-state index contributed by atoms with van der Waals surface area (Å²) in [5.74, 6) is 0. The average molecular weight is 254 g/mol. The minimum Gasteiger partial charge on any atom is -0.334 e. The Balaban J connectivity index is 1.85. The monoisotopic (exact) mass is 253 g/mol. The molecule has 0 spiro atoms. The fourth-order valence-corrected chi connectivity index (χ4v) is 2.16. The number of hydrogen-bond donors (Lipinski definition) is 2. The van der Waals surface area contributed by atoms with Crippen LogP contribution in [0.15, 0.2) is 24.3 Å². The van der Waals surface area contributed by atoms with Crippen LogP contribution in [0.3, 0.4) is 0 Å². The molecule has 1 aromatic rings. The van der Waals surface area contributed by atoms with Crippen LogP contribution in [0.25, 0.3) is 0 Å². The number of halogens is 1. The zero-order valence-electron chi connectivity index (χ0n) is 9.74. The summed E-state index contributed by atoms with van der Waals surface area (Å²) in [5.41, 5.74) is 0.710. The van der Waals surface area contributed by atoms with Crippen molar-refractivity contribution in [2.75, 3.05) is 25.5 Å². The van der Waals surface area contributed by atoms with Gasteiger partial charge in [0.2, 0.25) is 0 Å². The molecule has 1 fully saturated rings. The second kappa shape index (κ2) is 5.38. The molecule has 1 aliphatic heterocycles. The van der Waals surface area contributed by atoms with Gasteiger partial charge in [-0.2, -0.15) is 0 Å². The van der Waals surface area contributed by atoms with E-state index in [0.29, 0.717) is 10.7 Å². The van der Waals surface area contributed by atoms with Gasteiger partial charge >= 0.3 is 6.03 Å². The van der Waals surface area contributed by atoms with Crippen molar-refractivity contribution in [3.63, 3.8) is 0 Å². The Morgan fingerprint density at radius 1 is 1.53 bits per heavy atom. The predicted octanol–water partition coefficient (Wildman–Crippen LogP) is 2.17. The highest BCUT2D eigenvalue weighted by Crippen LogP contribution is 2.15. The third-order valence-electron chi connectivity index (χ3n) is 2.81. The third kappa shape index (κ3) is 3.61. The summed E-state index contributed by atoms with van der Waals surface area (Å²) >= 11 is 5.84. The van der Waals surface area contributed by atoms with Crippen molar-refractivity contribution in [1.82, 2.24) is 10.2 Å². The van der Waals surface area contributed by atoms with Crippen molar-refractivity contribution in [3.8, 4) is 0 Å². The number of urea groups is 1. The smallest absolute Gasteiger partial charge is 0.319 e. The Morgan fingerprint density at radius 3 is 3.00 bits per heavy atom. The molecule has 1 saturated heterocycles. The van der Waals surface area contributed by atoms with E-state index in [-0.39, 0.29) is 12.1 Å². The first-order chi connectivity index (χ1) is 8.13. The van der Waals surface area contributed by atoms with Crippen LogP contribution in [-0.4, -0.2) is 37.1 Å². The van der Waals surface area contributed by atoms with E-state index in [4.69, 9.17) is 11.6 Å². The van der Waals surface area contributed by atoms with E-state index in [0.717, 1.165) is 19.5 Å². The quantitative estimate of drug-likeness (QED) is 0.849.